The fraction of sp³-hybridized carbons (Fsp3) is 0.333. The second-order valence-electron chi connectivity index (χ2n) is 3.22. The molecule has 0 bridgehead atoms. The van der Waals surface area contributed by atoms with Crippen LogP contribution >= 0.6 is 0 Å². The molecule has 0 saturated heterocycles. The summed E-state index contributed by atoms with van der Waals surface area (Å²) in [7, 11) is 0. The fourth-order valence-electron chi connectivity index (χ4n) is 1.25. The van der Waals surface area contributed by atoms with Crippen molar-refractivity contribution in [1.82, 2.24) is 24.7 Å². The Balaban J connectivity index is 2.41. The number of rotatable bonds is 3. The third-order valence-electron chi connectivity index (χ3n) is 2.11. The number of aromatic nitrogens is 5. The van der Waals surface area contributed by atoms with Gasteiger partial charge in [-0.15, -0.1) is 0 Å². The normalized spacial score (nSPS) is 12.7. The van der Waals surface area contributed by atoms with Gasteiger partial charge in [-0.05, 0) is 6.07 Å². The van der Waals surface area contributed by atoms with Gasteiger partial charge in [0.15, 0.2) is 0 Å². The molecule has 15 heavy (non-hydrogen) atoms. The van der Waals surface area contributed by atoms with E-state index in [9.17, 15) is 0 Å². The van der Waals surface area contributed by atoms with Crippen LogP contribution in [0.1, 0.15) is 18.7 Å². The minimum absolute atomic E-state index is 0.135. The summed E-state index contributed by atoms with van der Waals surface area (Å²) in [4.78, 5) is 12.4. The Bertz CT molecular complexity index is 423. The van der Waals surface area contributed by atoms with Crippen LogP contribution in [0.2, 0.25) is 0 Å². The second-order valence-corrected chi connectivity index (χ2v) is 3.22. The van der Waals surface area contributed by atoms with Gasteiger partial charge in [0.2, 0.25) is 0 Å². The van der Waals surface area contributed by atoms with Crippen molar-refractivity contribution < 1.29 is 0 Å². The van der Waals surface area contributed by atoms with Crippen molar-refractivity contribution in [3.8, 4) is 5.95 Å². The van der Waals surface area contributed by atoms with Gasteiger partial charge in [-0.2, -0.15) is 9.78 Å². The molecule has 2 aromatic rings. The molecule has 0 radical (unpaired) electrons. The van der Waals surface area contributed by atoms with E-state index in [1.807, 2.05) is 6.92 Å². The van der Waals surface area contributed by atoms with E-state index in [-0.39, 0.29) is 5.92 Å². The Morgan fingerprint density at radius 1 is 1.33 bits per heavy atom. The first-order valence-electron chi connectivity index (χ1n) is 4.70. The van der Waals surface area contributed by atoms with Gasteiger partial charge in [0.25, 0.3) is 5.95 Å². The van der Waals surface area contributed by atoms with Crippen molar-refractivity contribution >= 4 is 0 Å². The summed E-state index contributed by atoms with van der Waals surface area (Å²) in [5, 5.41) is 4.08. The lowest BCUT2D eigenvalue weighted by Crippen LogP contribution is -2.16. The first-order valence-corrected chi connectivity index (χ1v) is 4.70. The summed E-state index contributed by atoms with van der Waals surface area (Å²) >= 11 is 0. The van der Waals surface area contributed by atoms with Gasteiger partial charge in [-0.25, -0.2) is 15.0 Å². The maximum absolute atomic E-state index is 5.59. The molecule has 0 amide bonds. The van der Waals surface area contributed by atoms with Crippen molar-refractivity contribution in [2.75, 3.05) is 6.54 Å². The molecule has 6 nitrogen and oxygen atoms in total. The third kappa shape index (κ3) is 1.84. The Kier molecular flexibility index (Phi) is 2.68. The second kappa shape index (κ2) is 4.14. The van der Waals surface area contributed by atoms with E-state index < -0.39 is 0 Å². The van der Waals surface area contributed by atoms with Gasteiger partial charge in [0, 0.05) is 24.9 Å². The first kappa shape index (κ1) is 9.72. The van der Waals surface area contributed by atoms with Gasteiger partial charge in [0.05, 0.1) is 0 Å². The summed E-state index contributed by atoms with van der Waals surface area (Å²) in [6, 6.07) is 1.76. The molecule has 0 aromatic carbocycles. The Morgan fingerprint density at radius 3 is 2.73 bits per heavy atom. The SMILES string of the molecule is C[C@H](CN)c1ncnn1-c1ncccn1. The van der Waals surface area contributed by atoms with E-state index in [1.54, 1.807) is 23.1 Å². The van der Waals surface area contributed by atoms with Crippen molar-refractivity contribution in [2.24, 2.45) is 5.73 Å². The third-order valence-corrected chi connectivity index (χ3v) is 2.11. The molecule has 2 heterocycles. The molecule has 2 rings (SSSR count). The number of hydrogen-bond donors (Lipinski definition) is 1. The van der Waals surface area contributed by atoms with E-state index >= 15 is 0 Å². The van der Waals surface area contributed by atoms with Gasteiger partial charge >= 0.3 is 0 Å². The van der Waals surface area contributed by atoms with Crippen LogP contribution in [0, 0.1) is 0 Å². The molecule has 0 aliphatic rings. The molecule has 2 N–H and O–H groups in total. The average molecular weight is 204 g/mol. The molecule has 0 aliphatic heterocycles. The zero-order chi connectivity index (χ0) is 10.7. The monoisotopic (exact) mass is 204 g/mol. The largest absolute Gasteiger partial charge is 0.330 e. The topological polar surface area (TPSA) is 82.5 Å². The Hall–Kier alpha value is -1.82. The fourth-order valence-corrected chi connectivity index (χ4v) is 1.25. The highest BCUT2D eigenvalue weighted by atomic mass is 15.4. The minimum atomic E-state index is 0.135. The summed E-state index contributed by atoms with van der Waals surface area (Å²) in [6.45, 7) is 2.51. The van der Waals surface area contributed by atoms with E-state index in [2.05, 4.69) is 20.1 Å². The zero-order valence-corrected chi connectivity index (χ0v) is 8.41. The molecule has 6 heteroatoms. The van der Waals surface area contributed by atoms with Crippen molar-refractivity contribution in [3.63, 3.8) is 0 Å². The van der Waals surface area contributed by atoms with E-state index in [1.165, 1.54) is 6.33 Å². The molecule has 0 aliphatic carbocycles. The molecular formula is C9H12N6. The van der Waals surface area contributed by atoms with Crippen molar-refractivity contribution in [3.05, 3.63) is 30.6 Å². The lowest BCUT2D eigenvalue weighted by Gasteiger charge is -2.08. The molecule has 0 unspecified atom stereocenters. The summed E-state index contributed by atoms with van der Waals surface area (Å²) in [5.41, 5.74) is 5.59. The van der Waals surface area contributed by atoms with Gasteiger partial charge < -0.3 is 5.73 Å². The maximum Gasteiger partial charge on any atom is 0.252 e. The number of nitrogens with zero attached hydrogens (tertiary/aromatic N) is 5. The highest BCUT2D eigenvalue weighted by Gasteiger charge is 2.13. The van der Waals surface area contributed by atoms with Crippen LogP contribution in [0.5, 0.6) is 0 Å². The van der Waals surface area contributed by atoms with Crippen LogP contribution in [0.25, 0.3) is 5.95 Å². The first-order chi connectivity index (χ1) is 7.33. The van der Waals surface area contributed by atoms with Crippen LogP contribution in [0.15, 0.2) is 24.8 Å². The molecule has 2 aromatic heterocycles. The summed E-state index contributed by atoms with van der Waals surface area (Å²) in [5.74, 6) is 1.44. The quantitative estimate of drug-likeness (QED) is 0.767. The molecule has 0 fully saturated rings. The van der Waals surface area contributed by atoms with Crippen LogP contribution in [0.4, 0.5) is 0 Å². The molecule has 1 atom stereocenters. The lowest BCUT2D eigenvalue weighted by molar-refractivity contribution is 0.655. The minimum Gasteiger partial charge on any atom is -0.330 e. The van der Waals surface area contributed by atoms with Crippen LogP contribution in [0.3, 0.4) is 0 Å². The Morgan fingerprint density at radius 2 is 2.07 bits per heavy atom. The van der Waals surface area contributed by atoms with E-state index in [0.29, 0.717) is 12.5 Å². The van der Waals surface area contributed by atoms with E-state index in [0.717, 1.165) is 5.82 Å². The van der Waals surface area contributed by atoms with Crippen molar-refractivity contribution in [2.45, 2.75) is 12.8 Å². The van der Waals surface area contributed by atoms with E-state index in [4.69, 9.17) is 5.73 Å². The predicted molar refractivity (Wildman–Crippen MR) is 54.4 cm³/mol. The summed E-state index contributed by atoms with van der Waals surface area (Å²) < 4.78 is 1.61. The predicted octanol–water partition coefficient (Wildman–Crippen LogP) is 0.119. The van der Waals surface area contributed by atoms with Gasteiger partial charge in [-0.1, -0.05) is 6.92 Å². The van der Waals surface area contributed by atoms with Crippen LogP contribution < -0.4 is 5.73 Å². The van der Waals surface area contributed by atoms with Crippen LogP contribution in [-0.2, 0) is 0 Å². The Labute approximate surface area is 87.2 Å². The van der Waals surface area contributed by atoms with Crippen LogP contribution in [-0.4, -0.2) is 31.3 Å². The van der Waals surface area contributed by atoms with Gasteiger partial charge in [-0.3, -0.25) is 0 Å². The average Bonchev–Trinajstić information content (AvgIpc) is 2.78. The van der Waals surface area contributed by atoms with Crippen molar-refractivity contribution in [1.29, 1.82) is 0 Å². The number of nitrogens with two attached hydrogens (primary N) is 1. The summed E-state index contributed by atoms with van der Waals surface area (Å²) in [6.07, 6.45) is 4.82. The smallest absolute Gasteiger partial charge is 0.252 e. The number of hydrogen-bond acceptors (Lipinski definition) is 5. The standard InChI is InChI=1S/C9H12N6/c1-7(5-10)8-13-6-14-15(8)9-11-3-2-4-12-9/h2-4,6-7H,5,10H2,1H3/t7-/m1/s1. The lowest BCUT2D eigenvalue weighted by atomic mass is 10.2. The van der Waals surface area contributed by atoms with Gasteiger partial charge in [0.1, 0.15) is 12.2 Å². The molecule has 0 saturated carbocycles. The highest BCUT2D eigenvalue weighted by Crippen LogP contribution is 2.11. The highest BCUT2D eigenvalue weighted by molar-refractivity contribution is 5.12. The zero-order valence-electron chi connectivity index (χ0n) is 8.41. The maximum atomic E-state index is 5.59. The molecule has 78 valence electrons. The molecular weight excluding hydrogens is 192 g/mol. The molecule has 0 spiro atoms.